The largest absolute Gasteiger partial charge is 0.416 e. The Labute approximate surface area is 181 Å². The van der Waals surface area contributed by atoms with Crippen LogP contribution >= 0.6 is 12.2 Å². The standard InChI is InChI=1S/C21H29F3N4OS/c1-4-25-19(30)27-10-8-20(9-11-27)26-17(14(2)3)18(29)28(20)13-15-6-5-7-16(12-15)21(22,23)24/h5-7,12,14,17,26H,4,8-11,13H2,1-3H3,(H,25,30)/t17-/m0/s1. The first-order chi connectivity index (χ1) is 14.1. The van der Waals surface area contributed by atoms with Gasteiger partial charge in [0.05, 0.1) is 17.3 Å². The Morgan fingerprint density at radius 1 is 1.33 bits per heavy atom. The van der Waals surface area contributed by atoms with E-state index >= 15 is 0 Å². The van der Waals surface area contributed by atoms with Gasteiger partial charge < -0.3 is 15.1 Å². The molecule has 2 aliphatic heterocycles. The average Bonchev–Trinajstić information content (AvgIpc) is 2.95. The quantitative estimate of drug-likeness (QED) is 0.701. The van der Waals surface area contributed by atoms with Crippen LogP contribution < -0.4 is 10.6 Å². The maximum atomic E-state index is 13.2. The van der Waals surface area contributed by atoms with Gasteiger partial charge in [0, 0.05) is 39.0 Å². The Balaban J connectivity index is 1.84. The van der Waals surface area contributed by atoms with Crippen LogP contribution in [0.5, 0.6) is 0 Å². The van der Waals surface area contributed by atoms with E-state index < -0.39 is 17.4 Å². The first-order valence-corrected chi connectivity index (χ1v) is 10.8. The van der Waals surface area contributed by atoms with Gasteiger partial charge in [-0.15, -0.1) is 0 Å². The molecule has 2 N–H and O–H groups in total. The molecule has 0 saturated carbocycles. The summed E-state index contributed by atoms with van der Waals surface area (Å²) in [5.74, 6) is 0.0341. The molecule has 1 spiro atoms. The van der Waals surface area contributed by atoms with E-state index in [-0.39, 0.29) is 24.4 Å². The van der Waals surface area contributed by atoms with Crippen molar-refractivity contribution in [2.24, 2.45) is 5.92 Å². The molecular formula is C21H29F3N4OS. The number of benzene rings is 1. The van der Waals surface area contributed by atoms with E-state index in [1.54, 1.807) is 11.0 Å². The van der Waals surface area contributed by atoms with Crippen molar-refractivity contribution < 1.29 is 18.0 Å². The predicted molar refractivity (Wildman–Crippen MR) is 114 cm³/mol. The van der Waals surface area contributed by atoms with Crippen LogP contribution in [0.2, 0.25) is 0 Å². The van der Waals surface area contributed by atoms with E-state index in [2.05, 4.69) is 15.5 Å². The Morgan fingerprint density at radius 2 is 2.00 bits per heavy atom. The van der Waals surface area contributed by atoms with Gasteiger partial charge in [0.2, 0.25) is 5.91 Å². The van der Waals surface area contributed by atoms with Crippen LogP contribution in [0.15, 0.2) is 24.3 Å². The summed E-state index contributed by atoms with van der Waals surface area (Å²) < 4.78 is 39.4. The number of nitrogens with one attached hydrogen (secondary N) is 2. The minimum Gasteiger partial charge on any atom is -0.363 e. The normalized spacial score (nSPS) is 21.6. The lowest BCUT2D eigenvalue weighted by Gasteiger charge is -2.45. The third-order valence-electron chi connectivity index (χ3n) is 5.94. The van der Waals surface area contributed by atoms with Crippen LogP contribution in [0.3, 0.4) is 0 Å². The zero-order valence-corrected chi connectivity index (χ0v) is 18.4. The number of alkyl halides is 3. The molecule has 5 nitrogen and oxygen atoms in total. The Bertz CT molecular complexity index is 791. The molecule has 2 saturated heterocycles. The zero-order valence-electron chi connectivity index (χ0n) is 17.6. The van der Waals surface area contributed by atoms with Crippen LogP contribution in [0.25, 0.3) is 0 Å². The molecule has 1 aromatic carbocycles. The fraction of sp³-hybridized carbons (Fsp3) is 0.619. The number of piperidine rings is 1. The molecule has 9 heteroatoms. The molecule has 0 bridgehead atoms. The van der Waals surface area contributed by atoms with Crippen LogP contribution in [0.1, 0.15) is 44.7 Å². The number of likely N-dealkylation sites (tertiary alicyclic amines) is 1. The van der Waals surface area contributed by atoms with E-state index in [1.165, 1.54) is 6.07 Å². The molecule has 0 aliphatic carbocycles. The van der Waals surface area contributed by atoms with Crippen molar-refractivity contribution >= 4 is 23.2 Å². The van der Waals surface area contributed by atoms with Crippen LogP contribution in [0, 0.1) is 5.92 Å². The summed E-state index contributed by atoms with van der Waals surface area (Å²) >= 11 is 5.41. The number of hydrogen-bond donors (Lipinski definition) is 2. The van der Waals surface area contributed by atoms with Gasteiger partial charge in [-0.1, -0.05) is 26.0 Å². The number of nitrogens with zero attached hydrogens (tertiary/aromatic N) is 2. The second kappa shape index (κ2) is 8.70. The highest BCUT2D eigenvalue weighted by Crippen LogP contribution is 2.36. The monoisotopic (exact) mass is 442 g/mol. The SMILES string of the molecule is CCNC(=S)N1CCC2(CC1)N[C@@H](C(C)C)C(=O)N2Cc1cccc(C(F)(F)F)c1. The van der Waals surface area contributed by atoms with Gasteiger partial charge in [0.25, 0.3) is 0 Å². The van der Waals surface area contributed by atoms with E-state index in [4.69, 9.17) is 12.2 Å². The van der Waals surface area contributed by atoms with Crippen molar-refractivity contribution in [1.82, 2.24) is 20.4 Å². The first kappa shape index (κ1) is 22.8. The van der Waals surface area contributed by atoms with Crippen molar-refractivity contribution in [3.63, 3.8) is 0 Å². The van der Waals surface area contributed by atoms with Crippen molar-refractivity contribution in [2.75, 3.05) is 19.6 Å². The van der Waals surface area contributed by atoms with Gasteiger partial charge in [0.1, 0.15) is 0 Å². The molecule has 1 atom stereocenters. The topological polar surface area (TPSA) is 47.6 Å². The lowest BCUT2D eigenvalue weighted by Crippen LogP contribution is -2.60. The molecule has 2 aliphatic rings. The molecule has 2 heterocycles. The molecule has 2 fully saturated rings. The molecule has 0 aromatic heterocycles. The maximum Gasteiger partial charge on any atom is 0.416 e. The molecule has 0 unspecified atom stereocenters. The number of carbonyl (C=O) groups is 1. The van der Waals surface area contributed by atoms with E-state index in [1.807, 2.05) is 20.8 Å². The second-order valence-corrected chi connectivity index (χ2v) is 8.73. The van der Waals surface area contributed by atoms with Crippen molar-refractivity contribution in [3.05, 3.63) is 35.4 Å². The summed E-state index contributed by atoms with van der Waals surface area (Å²) in [6.45, 7) is 8.19. The van der Waals surface area contributed by atoms with Gasteiger partial charge in [-0.25, -0.2) is 0 Å². The smallest absolute Gasteiger partial charge is 0.363 e. The third kappa shape index (κ3) is 4.56. The minimum absolute atomic E-state index is 0.0508. The Kier molecular flexibility index (Phi) is 6.62. The first-order valence-electron chi connectivity index (χ1n) is 10.4. The van der Waals surface area contributed by atoms with Crippen molar-refractivity contribution in [2.45, 2.75) is 58.0 Å². The van der Waals surface area contributed by atoms with Crippen LogP contribution in [-0.2, 0) is 17.5 Å². The van der Waals surface area contributed by atoms with Crippen molar-refractivity contribution in [3.8, 4) is 0 Å². The number of amides is 1. The summed E-state index contributed by atoms with van der Waals surface area (Å²) in [6.07, 6.45) is -3.09. The molecule has 3 rings (SSSR count). The van der Waals surface area contributed by atoms with Gasteiger partial charge in [-0.3, -0.25) is 10.1 Å². The summed E-state index contributed by atoms with van der Waals surface area (Å²) in [4.78, 5) is 17.0. The summed E-state index contributed by atoms with van der Waals surface area (Å²) in [6, 6.07) is 4.90. The lowest BCUT2D eigenvalue weighted by atomic mass is 9.95. The highest BCUT2D eigenvalue weighted by molar-refractivity contribution is 7.80. The van der Waals surface area contributed by atoms with E-state index in [0.717, 1.165) is 18.7 Å². The Hall–Kier alpha value is -1.87. The summed E-state index contributed by atoms with van der Waals surface area (Å²) in [5.41, 5.74) is -0.785. The zero-order chi connectivity index (χ0) is 22.1. The number of halogens is 3. The fourth-order valence-electron chi connectivity index (χ4n) is 4.27. The number of carbonyl (C=O) groups excluding carboxylic acids is 1. The second-order valence-electron chi connectivity index (χ2n) is 8.34. The third-order valence-corrected chi connectivity index (χ3v) is 6.34. The molecule has 1 amide bonds. The highest BCUT2D eigenvalue weighted by atomic mass is 32.1. The molecule has 166 valence electrons. The predicted octanol–water partition coefficient (Wildman–Crippen LogP) is 3.35. The van der Waals surface area contributed by atoms with E-state index in [9.17, 15) is 18.0 Å². The Morgan fingerprint density at radius 3 is 2.57 bits per heavy atom. The van der Waals surface area contributed by atoms with Gasteiger partial charge in [-0.2, -0.15) is 13.2 Å². The number of hydrogen-bond acceptors (Lipinski definition) is 3. The van der Waals surface area contributed by atoms with Crippen LogP contribution in [-0.4, -0.2) is 52.2 Å². The molecule has 1 aromatic rings. The lowest BCUT2D eigenvalue weighted by molar-refractivity contribution is -0.137. The van der Waals surface area contributed by atoms with Gasteiger partial charge >= 0.3 is 6.18 Å². The highest BCUT2D eigenvalue weighted by Gasteiger charge is 2.52. The molecule has 0 radical (unpaired) electrons. The summed E-state index contributed by atoms with van der Waals surface area (Å²) in [7, 11) is 0. The van der Waals surface area contributed by atoms with Crippen LogP contribution in [0.4, 0.5) is 13.2 Å². The fourth-order valence-corrected chi connectivity index (χ4v) is 4.60. The summed E-state index contributed by atoms with van der Waals surface area (Å²) in [5, 5.41) is 7.37. The van der Waals surface area contributed by atoms with Crippen molar-refractivity contribution in [1.29, 1.82) is 0 Å². The van der Waals surface area contributed by atoms with E-state index in [0.29, 0.717) is 36.6 Å². The number of rotatable bonds is 4. The van der Waals surface area contributed by atoms with Gasteiger partial charge in [-0.05, 0) is 42.8 Å². The average molecular weight is 443 g/mol. The maximum absolute atomic E-state index is 13.2. The van der Waals surface area contributed by atoms with Gasteiger partial charge in [0.15, 0.2) is 5.11 Å². The molecular weight excluding hydrogens is 413 g/mol. The molecule has 30 heavy (non-hydrogen) atoms. The number of thiocarbonyl (C=S) groups is 1. The minimum atomic E-state index is -4.41.